The van der Waals surface area contributed by atoms with Gasteiger partial charge in [0.25, 0.3) is 0 Å². The van der Waals surface area contributed by atoms with Gasteiger partial charge in [-0.2, -0.15) is 0 Å². The van der Waals surface area contributed by atoms with Crippen LogP contribution in [-0.2, 0) is 4.79 Å². The average molecular weight is 227 g/mol. The Balaban J connectivity index is 2.96. The maximum atomic E-state index is 12.2. The lowest BCUT2D eigenvalue weighted by atomic mass is 9.96. The van der Waals surface area contributed by atoms with E-state index in [1.54, 1.807) is 0 Å². The Kier molecular flexibility index (Phi) is 3.97. The van der Waals surface area contributed by atoms with Crippen molar-refractivity contribution in [3.8, 4) is 0 Å². The molecule has 1 saturated heterocycles. The molecule has 0 aromatic rings. The van der Waals surface area contributed by atoms with Gasteiger partial charge < -0.3 is 10.2 Å². The zero-order chi connectivity index (χ0) is 12.5. The van der Waals surface area contributed by atoms with E-state index < -0.39 is 0 Å². The number of rotatable bonds is 2. The van der Waals surface area contributed by atoms with E-state index >= 15 is 0 Å². The summed E-state index contributed by atoms with van der Waals surface area (Å²) in [6.07, 6.45) is 0. The number of hydrogen-bond donors (Lipinski definition) is 1. The van der Waals surface area contributed by atoms with Crippen LogP contribution in [0.1, 0.15) is 27.7 Å². The van der Waals surface area contributed by atoms with E-state index in [0.717, 1.165) is 6.54 Å². The Morgan fingerprint density at radius 1 is 1.44 bits per heavy atom. The van der Waals surface area contributed by atoms with Gasteiger partial charge in [0.15, 0.2) is 0 Å². The first-order valence-corrected chi connectivity index (χ1v) is 5.97. The Morgan fingerprint density at radius 2 is 2.00 bits per heavy atom. The van der Waals surface area contributed by atoms with Gasteiger partial charge in [0.1, 0.15) is 6.04 Å². The summed E-state index contributed by atoms with van der Waals surface area (Å²) in [5, 5.41) is 3.12. The van der Waals surface area contributed by atoms with Crippen LogP contribution in [0.15, 0.2) is 0 Å². The van der Waals surface area contributed by atoms with Crippen molar-refractivity contribution in [3.05, 3.63) is 0 Å². The van der Waals surface area contributed by atoms with E-state index in [2.05, 4.69) is 37.9 Å². The largest absolute Gasteiger partial charge is 0.343 e. The first kappa shape index (κ1) is 13.5. The molecule has 1 N–H and O–H groups in total. The molecule has 1 fully saturated rings. The van der Waals surface area contributed by atoms with Gasteiger partial charge in [0, 0.05) is 31.7 Å². The van der Waals surface area contributed by atoms with Gasteiger partial charge in [0.2, 0.25) is 5.91 Å². The van der Waals surface area contributed by atoms with Gasteiger partial charge >= 0.3 is 0 Å². The smallest absolute Gasteiger partial charge is 0.241 e. The number of hydrogen-bond acceptors (Lipinski definition) is 3. The van der Waals surface area contributed by atoms with Crippen molar-refractivity contribution in [2.24, 2.45) is 0 Å². The Hall–Kier alpha value is -0.610. The lowest BCUT2D eigenvalue weighted by Crippen LogP contribution is -2.67. The molecular weight excluding hydrogens is 202 g/mol. The Morgan fingerprint density at radius 3 is 2.44 bits per heavy atom. The predicted octanol–water partition coefficient (Wildman–Crippen LogP) is 0.535. The fourth-order valence-corrected chi connectivity index (χ4v) is 2.76. The minimum Gasteiger partial charge on any atom is -0.343 e. The minimum absolute atomic E-state index is 0.0256. The lowest BCUT2D eigenvalue weighted by molar-refractivity contribution is -0.147. The highest BCUT2D eigenvalue weighted by atomic mass is 16.2. The zero-order valence-corrected chi connectivity index (χ0v) is 11.4. The van der Waals surface area contributed by atoms with Crippen molar-refractivity contribution < 1.29 is 4.79 Å². The first-order chi connectivity index (χ1) is 7.29. The number of likely N-dealkylation sites (N-methyl/N-ethyl adjacent to an activating group) is 2. The molecule has 0 aliphatic carbocycles. The third-order valence-electron chi connectivity index (χ3n) is 3.18. The Bertz CT molecular complexity index is 259. The molecule has 1 amide bonds. The van der Waals surface area contributed by atoms with Crippen LogP contribution in [0.2, 0.25) is 0 Å². The highest BCUT2D eigenvalue weighted by Crippen LogP contribution is 2.25. The van der Waals surface area contributed by atoms with Crippen LogP contribution in [0.3, 0.4) is 0 Å². The highest BCUT2D eigenvalue weighted by molar-refractivity contribution is 5.83. The van der Waals surface area contributed by atoms with Gasteiger partial charge in [-0.15, -0.1) is 0 Å². The van der Waals surface area contributed by atoms with Gasteiger partial charge in [-0.05, 0) is 34.7 Å². The van der Waals surface area contributed by atoms with E-state index in [4.69, 9.17) is 0 Å². The van der Waals surface area contributed by atoms with Crippen molar-refractivity contribution in [2.45, 2.75) is 45.3 Å². The molecule has 0 aromatic heterocycles. The molecule has 2 atom stereocenters. The molecule has 94 valence electrons. The SMILES string of the molecule is CNCC1C(=O)N(C)CC(C)N1C(C)(C)C. The van der Waals surface area contributed by atoms with Gasteiger partial charge in [-0.1, -0.05) is 0 Å². The molecule has 0 bridgehead atoms. The van der Waals surface area contributed by atoms with E-state index in [0.29, 0.717) is 12.6 Å². The summed E-state index contributed by atoms with van der Waals surface area (Å²) in [6.45, 7) is 10.2. The molecule has 1 aliphatic rings. The fourth-order valence-electron chi connectivity index (χ4n) is 2.76. The standard InChI is InChI=1S/C12H25N3O/c1-9-8-14(6)11(16)10(7-13-5)15(9)12(2,3)4/h9-10,13H,7-8H2,1-6H3. The van der Waals surface area contributed by atoms with Crippen molar-refractivity contribution in [1.82, 2.24) is 15.1 Å². The first-order valence-electron chi connectivity index (χ1n) is 5.97. The van der Waals surface area contributed by atoms with E-state index in [1.165, 1.54) is 0 Å². The highest BCUT2D eigenvalue weighted by Gasteiger charge is 2.41. The molecule has 1 heterocycles. The summed E-state index contributed by atoms with van der Waals surface area (Å²) in [7, 11) is 3.79. The van der Waals surface area contributed by atoms with E-state index in [9.17, 15) is 4.79 Å². The summed E-state index contributed by atoms with van der Waals surface area (Å²) >= 11 is 0. The van der Waals surface area contributed by atoms with Gasteiger partial charge in [-0.3, -0.25) is 9.69 Å². The fraction of sp³-hybridized carbons (Fsp3) is 0.917. The molecule has 4 nitrogen and oxygen atoms in total. The second-order valence-electron chi connectivity index (χ2n) is 5.72. The summed E-state index contributed by atoms with van der Waals surface area (Å²) < 4.78 is 0. The number of piperazine rings is 1. The molecule has 0 aromatic carbocycles. The molecule has 1 aliphatic heterocycles. The van der Waals surface area contributed by atoms with E-state index in [1.807, 2.05) is 19.0 Å². The number of nitrogens with zero attached hydrogens (tertiary/aromatic N) is 2. The lowest BCUT2D eigenvalue weighted by Gasteiger charge is -2.50. The third-order valence-corrected chi connectivity index (χ3v) is 3.18. The molecule has 1 rings (SSSR count). The molecule has 16 heavy (non-hydrogen) atoms. The summed E-state index contributed by atoms with van der Waals surface area (Å²) in [5.41, 5.74) is 0.0256. The molecule has 4 heteroatoms. The molecule has 2 unspecified atom stereocenters. The van der Waals surface area contributed by atoms with Crippen molar-refractivity contribution in [2.75, 3.05) is 27.2 Å². The number of amides is 1. The van der Waals surface area contributed by atoms with Crippen molar-refractivity contribution in [3.63, 3.8) is 0 Å². The second-order valence-corrected chi connectivity index (χ2v) is 5.72. The molecule has 0 radical (unpaired) electrons. The minimum atomic E-state index is -0.0428. The summed E-state index contributed by atoms with van der Waals surface area (Å²) in [5.74, 6) is 0.224. The zero-order valence-electron chi connectivity index (χ0n) is 11.4. The number of carbonyl (C=O) groups is 1. The normalized spacial score (nSPS) is 28.6. The van der Waals surface area contributed by atoms with Crippen LogP contribution in [0.25, 0.3) is 0 Å². The molecular formula is C12H25N3O. The van der Waals surface area contributed by atoms with Crippen LogP contribution in [-0.4, -0.2) is 60.5 Å². The Labute approximate surface area is 99.0 Å². The van der Waals surface area contributed by atoms with E-state index in [-0.39, 0.29) is 17.5 Å². The summed E-state index contributed by atoms with van der Waals surface area (Å²) in [4.78, 5) is 16.3. The number of nitrogens with one attached hydrogen (secondary N) is 1. The monoisotopic (exact) mass is 227 g/mol. The number of carbonyl (C=O) groups excluding carboxylic acids is 1. The average Bonchev–Trinajstić information content (AvgIpc) is 2.11. The third kappa shape index (κ3) is 2.55. The van der Waals surface area contributed by atoms with Crippen molar-refractivity contribution in [1.29, 1.82) is 0 Å². The van der Waals surface area contributed by atoms with Crippen LogP contribution in [0, 0.1) is 0 Å². The quantitative estimate of drug-likeness (QED) is 0.748. The van der Waals surface area contributed by atoms with Crippen LogP contribution < -0.4 is 5.32 Å². The molecule has 0 spiro atoms. The van der Waals surface area contributed by atoms with Gasteiger partial charge in [0.05, 0.1) is 0 Å². The maximum Gasteiger partial charge on any atom is 0.241 e. The molecule has 0 saturated carbocycles. The van der Waals surface area contributed by atoms with Crippen molar-refractivity contribution >= 4 is 5.91 Å². The predicted molar refractivity (Wildman–Crippen MR) is 66.4 cm³/mol. The summed E-state index contributed by atoms with van der Waals surface area (Å²) in [6, 6.07) is 0.361. The topological polar surface area (TPSA) is 35.6 Å². The maximum absolute atomic E-state index is 12.2. The second kappa shape index (κ2) is 4.72. The van der Waals surface area contributed by atoms with Gasteiger partial charge in [-0.25, -0.2) is 0 Å². The van der Waals surface area contributed by atoms with Crippen LogP contribution in [0.4, 0.5) is 0 Å². The van der Waals surface area contributed by atoms with Crippen LogP contribution in [0.5, 0.6) is 0 Å². The van der Waals surface area contributed by atoms with Crippen LogP contribution >= 0.6 is 0 Å².